The minimum Gasteiger partial charge on any atom is -0.303 e. The molecule has 1 atom stereocenters. The molecule has 2 heterocycles. The van der Waals surface area contributed by atoms with Crippen molar-refractivity contribution >= 4 is 0 Å². The Balaban J connectivity index is 1.47. The van der Waals surface area contributed by atoms with Crippen molar-refractivity contribution in [3.8, 4) is 0 Å². The molecule has 0 N–H and O–H groups in total. The lowest BCUT2D eigenvalue weighted by atomic mass is 9.97. The molecule has 1 aliphatic heterocycles. The number of likely N-dealkylation sites (tertiary alicyclic amines) is 1. The molecule has 1 saturated heterocycles. The van der Waals surface area contributed by atoms with Crippen LogP contribution >= 0.6 is 0 Å². The lowest BCUT2D eigenvalue weighted by Crippen LogP contribution is -2.41. The van der Waals surface area contributed by atoms with Crippen LogP contribution in [0, 0.1) is 11.7 Å². The Labute approximate surface area is 156 Å². The van der Waals surface area contributed by atoms with E-state index in [2.05, 4.69) is 26.7 Å². The maximum absolute atomic E-state index is 13.3. The molecule has 0 radical (unpaired) electrons. The summed E-state index contributed by atoms with van der Waals surface area (Å²) in [6, 6.07) is 8.84. The van der Waals surface area contributed by atoms with E-state index in [9.17, 15) is 4.39 Å². The average molecular weight is 356 g/mol. The third kappa shape index (κ3) is 5.85. The Morgan fingerprint density at radius 2 is 2.08 bits per heavy atom. The summed E-state index contributed by atoms with van der Waals surface area (Å²) in [6.45, 7) is 8.41. The van der Waals surface area contributed by atoms with Crippen LogP contribution in [0.1, 0.15) is 31.2 Å². The average Bonchev–Trinajstić information content (AvgIpc) is 2.67. The molecule has 3 rings (SSSR count). The Hall–Kier alpha value is -1.85. The number of aromatic nitrogens is 2. The summed E-state index contributed by atoms with van der Waals surface area (Å²) in [7, 11) is 0. The highest BCUT2D eigenvalue weighted by Gasteiger charge is 2.22. The summed E-state index contributed by atoms with van der Waals surface area (Å²) in [5.41, 5.74) is 1.09. The molecule has 0 spiro atoms. The van der Waals surface area contributed by atoms with Crippen molar-refractivity contribution < 1.29 is 4.39 Å². The molecule has 1 aromatic heterocycles. The van der Waals surface area contributed by atoms with Crippen molar-refractivity contribution in [2.45, 2.75) is 32.7 Å². The van der Waals surface area contributed by atoms with Crippen molar-refractivity contribution in [2.75, 3.05) is 32.7 Å². The summed E-state index contributed by atoms with van der Waals surface area (Å²) in [5, 5.41) is 0. The van der Waals surface area contributed by atoms with Crippen molar-refractivity contribution in [3.05, 3.63) is 59.9 Å². The van der Waals surface area contributed by atoms with E-state index in [4.69, 9.17) is 0 Å². The summed E-state index contributed by atoms with van der Waals surface area (Å²) in [4.78, 5) is 13.7. The highest BCUT2D eigenvalue weighted by Crippen LogP contribution is 2.19. The van der Waals surface area contributed by atoms with Gasteiger partial charge in [-0.3, -0.25) is 4.90 Å². The largest absolute Gasteiger partial charge is 0.303 e. The normalized spacial score (nSPS) is 18.3. The second-order valence-electron chi connectivity index (χ2n) is 7.18. The third-order valence-corrected chi connectivity index (χ3v) is 5.16. The van der Waals surface area contributed by atoms with Crippen LogP contribution in [0.3, 0.4) is 0 Å². The first-order valence-corrected chi connectivity index (χ1v) is 9.68. The quantitative estimate of drug-likeness (QED) is 0.726. The van der Waals surface area contributed by atoms with Gasteiger partial charge in [-0.1, -0.05) is 19.1 Å². The monoisotopic (exact) mass is 356 g/mol. The number of rotatable bonds is 8. The summed E-state index contributed by atoms with van der Waals surface area (Å²) in [6.07, 6.45) is 7.06. The van der Waals surface area contributed by atoms with Gasteiger partial charge in [-0.2, -0.15) is 0 Å². The highest BCUT2D eigenvalue weighted by molar-refractivity contribution is 5.16. The van der Waals surface area contributed by atoms with Crippen molar-refractivity contribution in [2.24, 2.45) is 5.92 Å². The summed E-state index contributed by atoms with van der Waals surface area (Å²) >= 11 is 0. The van der Waals surface area contributed by atoms with Gasteiger partial charge in [0.15, 0.2) is 0 Å². The second-order valence-corrected chi connectivity index (χ2v) is 7.18. The van der Waals surface area contributed by atoms with Crippen molar-refractivity contribution in [1.82, 2.24) is 19.8 Å². The lowest BCUT2D eigenvalue weighted by molar-refractivity contribution is 0.132. The Bertz CT molecular complexity index is 664. The molecular formula is C21H29FN4. The smallest absolute Gasteiger partial charge is 0.142 e. The van der Waals surface area contributed by atoms with Crippen LogP contribution in [-0.2, 0) is 13.0 Å². The Morgan fingerprint density at radius 3 is 2.85 bits per heavy atom. The van der Waals surface area contributed by atoms with Crippen LogP contribution in [0.5, 0.6) is 0 Å². The molecule has 0 aliphatic carbocycles. The van der Waals surface area contributed by atoms with Crippen LogP contribution in [-0.4, -0.2) is 52.5 Å². The molecule has 1 aromatic carbocycles. The maximum Gasteiger partial charge on any atom is 0.142 e. The van der Waals surface area contributed by atoms with E-state index in [1.165, 1.54) is 18.9 Å². The van der Waals surface area contributed by atoms with E-state index in [-0.39, 0.29) is 5.82 Å². The van der Waals surface area contributed by atoms with Gasteiger partial charge < -0.3 is 4.90 Å². The predicted molar refractivity (Wildman–Crippen MR) is 102 cm³/mol. The van der Waals surface area contributed by atoms with E-state index in [1.807, 2.05) is 24.5 Å². The molecule has 4 nitrogen and oxygen atoms in total. The Morgan fingerprint density at radius 1 is 1.23 bits per heavy atom. The van der Waals surface area contributed by atoms with Crippen molar-refractivity contribution in [1.29, 1.82) is 0 Å². The first-order chi connectivity index (χ1) is 12.7. The van der Waals surface area contributed by atoms with Gasteiger partial charge >= 0.3 is 0 Å². The zero-order valence-electron chi connectivity index (χ0n) is 15.6. The zero-order valence-corrected chi connectivity index (χ0v) is 15.6. The molecule has 1 aliphatic rings. The van der Waals surface area contributed by atoms with Gasteiger partial charge in [0, 0.05) is 32.0 Å². The summed E-state index contributed by atoms with van der Waals surface area (Å²) in [5.74, 6) is 1.44. The van der Waals surface area contributed by atoms with E-state index < -0.39 is 0 Å². The molecule has 26 heavy (non-hydrogen) atoms. The number of piperidine rings is 1. The fourth-order valence-electron chi connectivity index (χ4n) is 3.77. The lowest BCUT2D eigenvalue weighted by Gasteiger charge is -2.35. The molecule has 0 saturated carbocycles. The van der Waals surface area contributed by atoms with Gasteiger partial charge in [-0.15, -0.1) is 0 Å². The van der Waals surface area contributed by atoms with E-state index >= 15 is 0 Å². The fourth-order valence-corrected chi connectivity index (χ4v) is 3.77. The highest BCUT2D eigenvalue weighted by atomic mass is 19.1. The van der Waals surface area contributed by atoms with E-state index in [0.717, 1.165) is 57.1 Å². The minimum atomic E-state index is -0.138. The van der Waals surface area contributed by atoms with Gasteiger partial charge in [0.1, 0.15) is 11.6 Å². The maximum atomic E-state index is 13.3. The van der Waals surface area contributed by atoms with E-state index in [1.54, 1.807) is 12.1 Å². The number of nitrogens with zero attached hydrogens (tertiary/aromatic N) is 4. The van der Waals surface area contributed by atoms with Gasteiger partial charge in [-0.25, -0.2) is 14.4 Å². The standard InChI is InChI=1S/C21H29FN4/c1-2-25(17-21-23-10-5-11-24-21)15-19-7-4-12-26(16-19)13-9-18-6-3-8-20(22)14-18/h3,5-6,8,10-11,14,19H,2,4,7,9,12-13,15-17H2,1H3/t19-/m0/s1. The number of hydrogen-bond acceptors (Lipinski definition) is 4. The minimum absolute atomic E-state index is 0.138. The fraction of sp³-hybridized carbons (Fsp3) is 0.524. The van der Waals surface area contributed by atoms with Crippen LogP contribution in [0.2, 0.25) is 0 Å². The van der Waals surface area contributed by atoms with Crippen LogP contribution < -0.4 is 0 Å². The van der Waals surface area contributed by atoms with Gasteiger partial charge in [0.2, 0.25) is 0 Å². The Kier molecular flexibility index (Phi) is 7.09. The summed E-state index contributed by atoms with van der Waals surface area (Å²) < 4.78 is 13.3. The van der Waals surface area contributed by atoms with E-state index in [0.29, 0.717) is 5.92 Å². The van der Waals surface area contributed by atoms with Gasteiger partial charge in [0.25, 0.3) is 0 Å². The second kappa shape index (κ2) is 9.74. The molecule has 140 valence electrons. The third-order valence-electron chi connectivity index (χ3n) is 5.16. The van der Waals surface area contributed by atoms with Crippen LogP contribution in [0.4, 0.5) is 4.39 Å². The number of hydrogen-bond donors (Lipinski definition) is 0. The van der Waals surface area contributed by atoms with Crippen LogP contribution in [0.25, 0.3) is 0 Å². The first-order valence-electron chi connectivity index (χ1n) is 9.68. The SMILES string of the molecule is CCN(Cc1ncccn1)C[C@@H]1CCCN(CCc2cccc(F)c2)C1. The van der Waals surface area contributed by atoms with Gasteiger partial charge in [-0.05, 0) is 62.0 Å². The molecule has 0 amide bonds. The van der Waals surface area contributed by atoms with Crippen molar-refractivity contribution in [3.63, 3.8) is 0 Å². The first kappa shape index (κ1) is 18.9. The topological polar surface area (TPSA) is 32.3 Å². The number of halogens is 1. The van der Waals surface area contributed by atoms with Crippen LogP contribution in [0.15, 0.2) is 42.7 Å². The molecule has 0 bridgehead atoms. The molecule has 1 fully saturated rings. The number of benzene rings is 1. The molecule has 2 aromatic rings. The molecular weight excluding hydrogens is 327 g/mol. The predicted octanol–water partition coefficient (Wildman–Crippen LogP) is 3.39. The van der Waals surface area contributed by atoms with Gasteiger partial charge in [0.05, 0.1) is 6.54 Å². The molecule has 0 unspecified atom stereocenters. The molecule has 5 heteroatoms. The zero-order chi connectivity index (χ0) is 18.2.